The lowest BCUT2D eigenvalue weighted by molar-refractivity contribution is -0.121. The van der Waals surface area contributed by atoms with Crippen molar-refractivity contribution >= 4 is 23.3 Å². The maximum atomic E-state index is 13.4. The monoisotopic (exact) mass is 254 g/mol. The fourth-order valence-corrected chi connectivity index (χ4v) is 1.72. The van der Waals surface area contributed by atoms with E-state index >= 15 is 0 Å². The van der Waals surface area contributed by atoms with Gasteiger partial charge in [-0.3, -0.25) is 19.3 Å². The summed E-state index contributed by atoms with van der Waals surface area (Å²) in [6, 6.07) is 1.37. The minimum Gasteiger partial charge on any atom is -0.358 e. The van der Waals surface area contributed by atoms with Crippen molar-refractivity contribution in [2.24, 2.45) is 0 Å². The highest BCUT2D eigenvalue weighted by Crippen LogP contribution is 2.31. The number of carbonyl (C=O) groups is 3. The first-order valence-electron chi connectivity index (χ1n) is 5.01. The van der Waals surface area contributed by atoms with Gasteiger partial charge in [0, 0.05) is 13.1 Å². The molecule has 0 saturated heterocycles. The van der Waals surface area contributed by atoms with Crippen LogP contribution in [0.5, 0.6) is 0 Å². The molecule has 0 fully saturated rings. The molecule has 0 saturated carbocycles. The molecule has 1 N–H and O–H groups in total. The summed E-state index contributed by atoms with van der Waals surface area (Å²) < 4.78 is 26.5. The number of rotatable bonds is 2. The number of fused-ring (bicyclic) bond motifs is 1. The predicted molar refractivity (Wildman–Crippen MR) is 57.1 cm³/mol. The fraction of sp³-hybridized carbons (Fsp3) is 0.182. The normalized spacial score (nSPS) is 13.8. The van der Waals surface area contributed by atoms with Crippen LogP contribution in [-0.4, -0.2) is 31.2 Å². The number of Topliss-reactive ketones (excluding diaryl/α,β-unsaturated/α-hetero) is 1. The smallest absolute Gasteiger partial charge is 0.300 e. The Bertz CT molecular complexity index is 572. The van der Waals surface area contributed by atoms with Gasteiger partial charge >= 0.3 is 0 Å². The number of halogens is 2. The van der Waals surface area contributed by atoms with Gasteiger partial charge in [0.1, 0.15) is 18.2 Å². The molecule has 7 heteroatoms. The molecule has 2 rings (SSSR count). The number of nitrogens with one attached hydrogen (secondary N) is 1. The second-order valence-corrected chi connectivity index (χ2v) is 3.68. The summed E-state index contributed by atoms with van der Waals surface area (Å²) >= 11 is 0. The lowest BCUT2D eigenvalue weighted by Gasteiger charge is -2.15. The van der Waals surface area contributed by atoms with Crippen LogP contribution in [0.25, 0.3) is 0 Å². The third-order valence-corrected chi connectivity index (χ3v) is 2.57. The average Bonchev–Trinajstić information content (AvgIpc) is 2.54. The summed E-state index contributed by atoms with van der Waals surface area (Å²) in [7, 11) is 1.35. The van der Waals surface area contributed by atoms with Crippen molar-refractivity contribution in [2.75, 3.05) is 18.5 Å². The number of nitrogens with zero attached hydrogens (tertiary/aromatic N) is 1. The number of ketones is 1. The number of anilines is 1. The predicted octanol–water partition coefficient (Wildman–Crippen LogP) is 0.240. The molecule has 94 valence electrons. The van der Waals surface area contributed by atoms with Crippen LogP contribution >= 0.6 is 0 Å². The summed E-state index contributed by atoms with van der Waals surface area (Å²) in [6.45, 7) is -0.461. The molecule has 5 nitrogen and oxygen atoms in total. The highest BCUT2D eigenvalue weighted by Gasteiger charge is 2.39. The maximum Gasteiger partial charge on any atom is 0.300 e. The second-order valence-electron chi connectivity index (χ2n) is 3.68. The Balaban J connectivity index is 2.51. The van der Waals surface area contributed by atoms with Crippen LogP contribution in [-0.2, 0) is 9.59 Å². The van der Waals surface area contributed by atoms with Crippen molar-refractivity contribution in [1.29, 1.82) is 0 Å². The first kappa shape index (κ1) is 12.2. The van der Waals surface area contributed by atoms with Crippen molar-refractivity contribution in [3.8, 4) is 0 Å². The lowest BCUT2D eigenvalue weighted by Crippen LogP contribution is -2.38. The van der Waals surface area contributed by atoms with Crippen molar-refractivity contribution in [1.82, 2.24) is 5.32 Å². The largest absolute Gasteiger partial charge is 0.358 e. The Hall–Kier alpha value is -2.31. The van der Waals surface area contributed by atoms with E-state index in [-0.39, 0.29) is 5.69 Å². The molecule has 18 heavy (non-hydrogen) atoms. The number of carbonyl (C=O) groups excluding carboxylic acids is 3. The first-order valence-corrected chi connectivity index (χ1v) is 5.01. The summed E-state index contributed by atoms with van der Waals surface area (Å²) in [6.07, 6.45) is 0. The Morgan fingerprint density at radius 2 is 2.00 bits per heavy atom. The Kier molecular flexibility index (Phi) is 2.82. The van der Waals surface area contributed by atoms with Gasteiger partial charge < -0.3 is 5.32 Å². The van der Waals surface area contributed by atoms with E-state index in [1.807, 2.05) is 0 Å². The van der Waals surface area contributed by atoms with Gasteiger partial charge in [-0.05, 0) is 6.07 Å². The van der Waals surface area contributed by atoms with Crippen LogP contribution < -0.4 is 10.2 Å². The quantitative estimate of drug-likeness (QED) is 0.769. The molecule has 1 aliphatic rings. The van der Waals surface area contributed by atoms with Crippen LogP contribution in [0, 0.1) is 11.6 Å². The minimum atomic E-state index is -1.11. The summed E-state index contributed by atoms with van der Waals surface area (Å²) in [5.74, 6) is -4.70. The molecule has 0 aromatic heterocycles. The van der Waals surface area contributed by atoms with Gasteiger partial charge in [0.15, 0.2) is 0 Å². The molecule has 0 atom stereocenters. The van der Waals surface area contributed by atoms with Gasteiger partial charge in [-0.25, -0.2) is 8.78 Å². The Labute approximate surface area is 100 Å². The van der Waals surface area contributed by atoms with Gasteiger partial charge in [0.2, 0.25) is 5.91 Å². The number of hydrogen-bond donors (Lipinski definition) is 1. The third-order valence-electron chi connectivity index (χ3n) is 2.57. The molecule has 0 aliphatic carbocycles. The van der Waals surface area contributed by atoms with E-state index in [2.05, 4.69) is 5.32 Å². The van der Waals surface area contributed by atoms with E-state index in [1.165, 1.54) is 7.05 Å². The van der Waals surface area contributed by atoms with E-state index in [9.17, 15) is 23.2 Å². The van der Waals surface area contributed by atoms with Crippen LogP contribution in [0.4, 0.5) is 14.5 Å². The molecule has 1 aromatic carbocycles. The molecule has 1 aliphatic heterocycles. The van der Waals surface area contributed by atoms with Crippen LogP contribution in [0.1, 0.15) is 10.4 Å². The first-order chi connectivity index (χ1) is 8.45. The number of likely N-dealkylation sites (N-methyl/N-ethyl adjacent to an activating group) is 1. The third kappa shape index (κ3) is 1.73. The Morgan fingerprint density at radius 1 is 1.33 bits per heavy atom. The summed E-state index contributed by atoms with van der Waals surface area (Å²) in [5, 5.41) is 2.26. The highest BCUT2D eigenvalue weighted by molar-refractivity contribution is 6.52. The zero-order chi connectivity index (χ0) is 13.4. The standard InChI is InChI=1S/C11H8F2N2O3/c1-14-8(16)4-15-7-3-5(12)2-6(13)9(7)10(17)11(15)18/h2-3H,4H2,1H3,(H,14,16). The second kappa shape index (κ2) is 4.17. The van der Waals surface area contributed by atoms with E-state index in [0.29, 0.717) is 6.07 Å². The molecule has 0 radical (unpaired) electrons. The Morgan fingerprint density at radius 3 is 2.61 bits per heavy atom. The summed E-state index contributed by atoms with van der Waals surface area (Å²) in [4.78, 5) is 35.1. The summed E-state index contributed by atoms with van der Waals surface area (Å²) in [5.41, 5.74) is -0.712. The van der Waals surface area contributed by atoms with Gasteiger partial charge in [0.25, 0.3) is 11.7 Å². The number of amides is 2. The lowest BCUT2D eigenvalue weighted by atomic mass is 10.1. The molecular weight excluding hydrogens is 246 g/mol. The molecule has 1 heterocycles. The van der Waals surface area contributed by atoms with Gasteiger partial charge in [0.05, 0.1) is 11.3 Å². The molecule has 0 bridgehead atoms. The zero-order valence-electron chi connectivity index (χ0n) is 9.29. The van der Waals surface area contributed by atoms with Gasteiger partial charge in [-0.15, -0.1) is 0 Å². The fourth-order valence-electron chi connectivity index (χ4n) is 1.72. The zero-order valence-corrected chi connectivity index (χ0v) is 9.29. The van der Waals surface area contributed by atoms with Crippen molar-refractivity contribution < 1.29 is 23.2 Å². The topological polar surface area (TPSA) is 66.5 Å². The molecular formula is C11H8F2N2O3. The van der Waals surface area contributed by atoms with Crippen molar-refractivity contribution in [3.05, 3.63) is 29.3 Å². The average molecular weight is 254 g/mol. The van der Waals surface area contributed by atoms with Crippen molar-refractivity contribution in [3.63, 3.8) is 0 Å². The van der Waals surface area contributed by atoms with Crippen LogP contribution in [0.15, 0.2) is 12.1 Å². The van der Waals surface area contributed by atoms with Crippen molar-refractivity contribution in [2.45, 2.75) is 0 Å². The van der Waals surface area contributed by atoms with E-state index < -0.39 is 41.3 Å². The molecule has 2 amide bonds. The van der Waals surface area contributed by atoms with E-state index in [1.54, 1.807) is 0 Å². The van der Waals surface area contributed by atoms with Gasteiger partial charge in [-0.1, -0.05) is 0 Å². The molecule has 0 unspecified atom stereocenters. The molecule has 0 spiro atoms. The van der Waals surface area contributed by atoms with Gasteiger partial charge in [-0.2, -0.15) is 0 Å². The van der Waals surface area contributed by atoms with E-state index in [0.717, 1.165) is 11.0 Å². The number of benzene rings is 1. The maximum absolute atomic E-state index is 13.4. The number of hydrogen-bond acceptors (Lipinski definition) is 3. The van der Waals surface area contributed by atoms with Crippen LogP contribution in [0.2, 0.25) is 0 Å². The van der Waals surface area contributed by atoms with E-state index in [4.69, 9.17) is 0 Å². The van der Waals surface area contributed by atoms with Crippen LogP contribution in [0.3, 0.4) is 0 Å². The highest BCUT2D eigenvalue weighted by atomic mass is 19.1. The minimum absolute atomic E-state index is 0.217. The molecule has 1 aromatic rings. The SMILES string of the molecule is CNC(=O)CN1C(=O)C(=O)c2c(F)cc(F)cc21.